The summed E-state index contributed by atoms with van der Waals surface area (Å²) in [5.74, 6) is 0.762. The molecular weight excluding hydrogens is 370 g/mol. The number of carbonyl (C=O) groups is 2. The molecule has 1 aromatic carbocycles. The van der Waals surface area contributed by atoms with Crippen molar-refractivity contribution in [3.63, 3.8) is 0 Å². The molecule has 1 aliphatic heterocycles. The van der Waals surface area contributed by atoms with Gasteiger partial charge < -0.3 is 15.4 Å². The quantitative estimate of drug-likeness (QED) is 0.659. The van der Waals surface area contributed by atoms with Gasteiger partial charge in [0.2, 0.25) is 11.8 Å². The van der Waals surface area contributed by atoms with Crippen molar-refractivity contribution < 1.29 is 14.3 Å². The number of nitrogens with zero attached hydrogens (tertiary/aromatic N) is 2. The van der Waals surface area contributed by atoms with Crippen LogP contribution in [0.4, 0.5) is 0 Å². The molecule has 0 spiro atoms. The first-order chi connectivity index (χ1) is 13.9. The maximum absolute atomic E-state index is 12.3. The monoisotopic (exact) mass is 399 g/mol. The van der Waals surface area contributed by atoms with Crippen molar-refractivity contribution in [3.8, 4) is 5.75 Å². The minimum Gasteiger partial charge on any atom is -0.497 e. The molecule has 29 heavy (non-hydrogen) atoms. The second-order valence-corrected chi connectivity index (χ2v) is 7.46. The number of amides is 2. The average Bonchev–Trinajstić information content (AvgIpc) is 2.98. The molecule has 8 nitrogen and oxygen atoms in total. The summed E-state index contributed by atoms with van der Waals surface area (Å²) in [5.41, 5.74) is 3.86. The first kappa shape index (κ1) is 20.9. The first-order valence-electron chi connectivity index (χ1n) is 9.87. The van der Waals surface area contributed by atoms with Gasteiger partial charge >= 0.3 is 0 Å². The smallest absolute Gasteiger partial charge is 0.224 e. The lowest BCUT2D eigenvalue weighted by Crippen LogP contribution is -2.52. The van der Waals surface area contributed by atoms with E-state index in [0.717, 1.165) is 28.3 Å². The molecule has 3 N–H and O–H groups in total. The van der Waals surface area contributed by atoms with Crippen LogP contribution in [0.5, 0.6) is 5.75 Å². The summed E-state index contributed by atoms with van der Waals surface area (Å²) in [6.45, 7) is 6.34. The largest absolute Gasteiger partial charge is 0.497 e. The van der Waals surface area contributed by atoms with Crippen LogP contribution in [0.1, 0.15) is 48.6 Å². The van der Waals surface area contributed by atoms with Gasteiger partial charge in [0.15, 0.2) is 6.29 Å². The van der Waals surface area contributed by atoms with E-state index in [0.29, 0.717) is 25.8 Å². The Morgan fingerprint density at radius 2 is 2.17 bits per heavy atom. The lowest BCUT2D eigenvalue weighted by Gasteiger charge is -2.30. The molecule has 0 aliphatic carbocycles. The summed E-state index contributed by atoms with van der Waals surface area (Å²) in [7, 11) is 1.62. The third-order valence-electron chi connectivity index (χ3n) is 5.18. The number of aryl methyl sites for hydroxylation is 1. The molecule has 0 bridgehead atoms. The van der Waals surface area contributed by atoms with Crippen LogP contribution in [0.15, 0.2) is 24.3 Å². The number of aromatic nitrogens is 2. The maximum atomic E-state index is 12.3. The van der Waals surface area contributed by atoms with Crippen molar-refractivity contribution in [2.75, 3.05) is 7.11 Å². The zero-order valence-corrected chi connectivity index (χ0v) is 17.4. The zero-order chi connectivity index (χ0) is 21.0. The number of methoxy groups -OCH3 is 1. The molecule has 1 aliphatic rings. The Bertz CT molecular complexity index is 892. The van der Waals surface area contributed by atoms with Crippen LogP contribution in [-0.2, 0) is 22.6 Å². The number of hydrogen-bond donors (Lipinski definition) is 3. The van der Waals surface area contributed by atoms with Crippen molar-refractivity contribution in [2.24, 2.45) is 0 Å². The lowest BCUT2D eigenvalue weighted by atomic mass is 10.1. The topological polar surface area (TPSA) is 97.3 Å². The Balaban J connectivity index is 1.58. The van der Waals surface area contributed by atoms with E-state index in [9.17, 15) is 9.59 Å². The molecule has 0 saturated carbocycles. The van der Waals surface area contributed by atoms with E-state index in [1.54, 1.807) is 11.8 Å². The molecule has 1 fully saturated rings. The highest BCUT2D eigenvalue weighted by Gasteiger charge is 2.26. The summed E-state index contributed by atoms with van der Waals surface area (Å²) in [6, 6.07) is 7.72. The van der Waals surface area contributed by atoms with E-state index in [1.807, 2.05) is 45.0 Å². The molecule has 2 heterocycles. The van der Waals surface area contributed by atoms with Crippen LogP contribution in [-0.4, -0.2) is 34.7 Å². The van der Waals surface area contributed by atoms with Gasteiger partial charge in [-0.2, -0.15) is 5.10 Å². The minimum atomic E-state index is -0.361. The number of ether oxygens (including phenoxy) is 1. The minimum absolute atomic E-state index is 0.00673. The third-order valence-corrected chi connectivity index (χ3v) is 5.18. The van der Waals surface area contributed by atoms with E-state index in [4.69, 9.17) is 4.74 Å². The highest BCUT2D eigenvalue weighted by Crippen LogP contribution is 2.19. The molecule has 0 radical (unpaired) electrons. The number of nitrogens with one attached hydrogen (secondary N) is 3. The fourth-order valence-corrected chi connectivity index (χ4v) is 3.61. The van der Waals surface area contributed by atoms with Crippen molar-refractivity contribution in [1.29, 1.82) is 0 Å². The van der Waals surface area contributed by atoms with Crippen molar-refractivity contribution in [2.45, 2.75) is 58.9 Å². The third kappa shape index (κ3) is 5.14. The Morgan fingerprint density at radius 1 is 1.38 bits per heavy atom. The average molecular weight is 399 g/mol. The summed E-state index contributed by atoms with van der Waals surface area (Å²) < 4.78 is 7.00. The highest BCUT2D eigenvalue weighted by atomic mass is 16.5. The molecule has 2 aromatic rings. The standard InChI is InChI=1S/C21H29N5O3/c1-13-10-20(28)24-21(23-13)26-15(3)18(14(2)25-26)8-9-19(27)22-12-16-6-5-7-17(11-16)29-4/h5-7,11,13,21,23H,8-10,12H2,1-4H3,(H,22,27)(H,24,28). The van der Waals surface area contributed by atoms with E-state index in [1.165, 1.54) is 0 Å². The number of benzene rings is 1. The summed E-state index contributed by atoms with van der Waals surface area (Å²) in [5, 5.41) is 13.8. The number of rotatable bonds is 7. The maximum Gasteiger partial charge on any atom is 0.224 e. The second kappa shape index (κ2) is 9.09. The second-order valence-electron chi connectivity index (χ2n) is 7.46. The molecule has 2 atom stereocenters. The van der Waals surface area contributed by atoms with Crippen LogP contribution in [0, 0.1) is 13.8 Å². The lowest BCUT2D eigenvalue weighted by molar-refractivity contribution is -0.125. The van der Waals surface area contributed by atoms with Gasteiger partial charge in [-0.1, -0.05) is 12.1 Å². The number of carbonyl (C=O) groups excluding carboxylic acids is 2. The predicted molar refractivity (Wildman–Crippen MR) is 109 cm³/mol. The molecule has 2 unspecified atom stereocenters. The van der Waals surface area contributed by atoms with Crippen molar-refractivity contribution >= 4 is 11.8 Å². The van der Waals surface area contributed by atoms with Gasteiger partial charge in [0, 0.05) is 31.1 Å². The van der Waals surface area contributed by atoms with Gasteiger partial charge in [0.25, 0.3) is 0 Å². The Morgan fingerprint density at radius 3 is 2.90 bits per heavy atom. The summed E-state index contributed by atoms with van der Waals surface area (Å²) in [6.07, 6.45) is 1.06. The van der Waals surface area contributed by atoms with E-state index >= 15 is 0 Å². The van der Waals surface area contributed by atoms with Gasteiger partial charge in [0.1, 0.15) is 5.75 Å². The fraction of sp³-hybridized carbons (Fsp3) is 0.476. The van der Waals surface area contributed by atoms with Crippen LogP contribution in [0.25, 0.3) is 0 Å². The molecular formula is C21H29N5O3. The van der Waals surface area contributed by atoms with E-state index in [2.05, 4.69) is 21.0 Å². The normalized spacial score (nSPS) is 19.0. The molecule has 8 heteroatoms. The fourth-order valence-electron chi connectivity index (χ4n) is 3.61. The first-order valence-corrected chi connectivity index (χ1v) is 9.87. The Hall–Kier alpha value is -2.87. The number of hydrogen-bond acceptors (Lipinski definition) is 5. The Kier molecular flexibility index (Phi) is 6.53. The van der Waals surface area contributed by atoms with E-state index < -0.39 is 0 Å². The van der Waals surface area contributed by atoms with Gasteiger partial charge in [-0.05, 0) is 50.5 Å². The van der Waals surface area contributed by atoms with Crippen molar-refractivity contribution in [3.05, 3.63) is 46.8 Å². The molecule has 1 saturated heterocycles. The molecule has 156 valence electrons. The van der Waals surface area contributed by atoms with Crippen LogP contribution >= 0.6 is 0 Å². The van der Waals surface area contributed by atoms with Gasteiger partial charge in [0.05, 0.1) is 12.8 Å². The summed E-state index contributed by atoms with van der Waals surface area (Å²) in [4.78, 5) is 24.2. The SMILES string of the molecule is COc1cccc(CNC(=O)CCc2c(C)nn(C3NC(=O)CC(C)N3)c2C)c1. The van der Waals surface area contributed by atoms with Crippen LogP contribution in [0.3, 0.4) is 0 Å². The molecule has 3 rings (SSSR count). The van der Waals surface area contributed by atoms with E-state index in [-0.39, 0.29) is 24.1 Å². The summed E-state index contributed by atoms with van der Waals surface area (Å²) >= 11 is 0. The van der Waals surface area contributed by atoms with Gasteiger partial charge in [-0.25, -0.2) is 4.68 Å². The van der Waals surface area contributed by atoms with Gasteiger partial charge in [-0.3, -0.25) is 14.9 Å². The molecule has 2 amide bonds. The Labute approximate surface area is 171 Å². The zero-order valence-electron chi connectivity index (χ0n) is 17.4. The van der Waals surface area contributed by atoms with Crippen LogP contribution in [0.2, 0.25) is 0 Å². The van der Waals surface area contributed by atoms with Gasteiger partial charge in [-0.15, -0.1) is 0 Å². The predicted octanol–water partition coefficient (Wildman–Crippen LogP) is 1.71. The molecule has 1 aromatic heterocycles. The van der Waals surface area contributed by atoms with Crippen molar-refractivity contribution in [1.82, 2.24) is 25.7 Å². The van der Waals surface area contributed by atoms with Crippen LogP contribution < -0.4 is 20.7 Å². The highest BCUT2D eigenvalue weighted by molar-refractivity contribution is 5.77.